The largest absolute Gasteiger partial charge is 0.308 e. The Kier molecular flexibility index (Phi) is 6.68. The number of aryl methyl sites for hydroxylation is 2. The number of carbonyl (C=O) groups is 1. The number of amides is 1. The first-order chi connectivity index (χ1) is 15.4. The van der Waals surface area contributed by atoms with Crippen LogP contribution < -0.4 is 4.90 Å². The molecule has 0 radical (unpaired) electrons. The fraction of sp³-hybridized carbons (Fsp3) is 0.259. The highest BCUT2D eigenvalue weighted by molar-refractivity contribution is 7.22. The van der Waals surface area contributed by atoms with Crippen LogP contribution >= 0.6 is 11.3 Å². The molecule has 0 aliphatic heterocycles. The monoisotopic (exact) mass is 443 g/mol. The minimum atomic E-state index is 0.0766. The van der Waals surface area contributed by atoms with Crippen LogP contribution in [-0.2, 0) is 11.2 Å². The summed E-state index contributed by atoms with van der Waals surface area (Å²) in [6.45, 7) is 5.59. The average molecular weight is 444 g/mol. The van der Waals surface area contributed by atoms with Gasteiger partial charge in [-0.2, -0.15) is 0 Å². The maximum Gasteiger partial charge on any atom is 0.233 e. The zero-order valence-corrected chi connectivity index (χ0v) is 19.9. The summed E-state index contributed by atoms with van der Waals surface area (Å²) in [6.07, 6.45) is 0.358. The molecule has 1 aromatic heterocycles. The third-order valence-electron chi connectivity index (χ3n) is 5.53. The van der Waals surface area contributed by atoms with E-state index in [0.717, 1.165) is 33.0 Å². The van der Waals surface area contributed by atoms with Crippen molar-refractivity contribution in [3.63, 3.8) is 0 Å². The van der Waals surface area contributed by atoms with Gasteiger partial charge in [0.2, 0.25) is 5.91 Å². The van der Waals surface area contributed by atoms with Crippen molar-refractivity contribution in [1.29, 1.82) is 0 Å². The Balaban J connectivity index is 1.58. The predicted molar refractivity (Wildman–Crippen MR) is 136 cm³/mol. The molecule has 1 amide bonds. The Hall–Kier alpha value is -3.02. The van der Waals surface area contributed by atoms with E-state index >= 15 is 0 Å². The molecule has 3 aromatic carbocycles. The molecule has 1 heterocycles. The Bertz CT molecular complexity index is 1210. The molecule has 0 atom stereocenters. The number of anilines is 1. The Morgan fingerprint density at radius 1 is 0.906 bits per heavy atom. The van der Waals surface area contributed by atoms with Crippen molar-refractivity contribution in [3.8, 4) is 11.1 Å². The number of rotatable bonds is 7. The van der Waals surface area contributed by atoms with E-state index in [2.05, 4.69) is 67.3 Å². The van der Waals surface area contributed by atoms with Crippen molar-refractivity contribution in [2.75, 3.05) is 32.1 Å². The molecule has 164 valence electrons. The summed E-state index contributed by atoms with van der Waals surface area (Å²) in [5.41, 5.74) is 6.72. The lowest BCUT2D eigenvalue weighted by Gasteiger charge is -2.22. The number of fused-ring (bicyclic) bond motifs is 1. The molecule has 0 unspecified atom stereocenters. The van der Waals surface area contributed by atoms with Gasteiger partial charge >= 0.3 is 0 Å². The molecule has 4 nitrogen and oxygen atoms in total. The molecular weight excluding hydrogens is 414 g/mol. The van der Waals surface area contributed by atoms with Crippen LogP contribution in [0.2, 0.25) is 0 Å². The van der Waals surface area contributed by atoms with E-state index in [1.165, 1.54) is 16.7 Å². The van der Waals surface area contributed by atoms with Crippen molar-refractivity contribution in [3.05, 3.63) is 83.4 Å². The lowest BCUT2D eigenvalue weighted by molar-refractivity contribution is -0.118. The first-order valence-electron chi connectivity index (χ1n) is 10.9. The second-order valence-electron chi connectivity index (χ2n) is 8.51. The van der Waals surface area contributed by atoms with Crippen LogP contribution in [0.1, 0.15) is 16.7 Å². The van der Waals surface area contributed by atoms with Gasteiger partial charge in [0.15, 0.2) is 5.13 Å². The number of hydrogen-bond acceptors (Lipinski definition) is 4. The highest BCUT2D eigenvalue weighted by atomic mass is 32.1. The Morgan fingerprint density at radius 3 is 2.28 bits per heavy atom. The van der Waals surface area contributed by atoms with Gasteiger partial charge in [0.1, 0.15) is 0 Å². The minimum absolute atomic E-state index is 0.0766. The summed E-state index contributed by atoms with van der Waals surface area (Å²) in [7, 11) is 4.05. The van der Waals surface area contributed by atoms with E-state index in [0.29, 0.717) is 13.0 Å². The van der Waals surface area contributed by atoms with Gasteiger partial charge in [-0.3, -0.25) is 9.69 Å². The standard InChI is InChI=1S/C27H29N3OS/c1-19-16-20(2)26-24(17-19)28-27(32-26)30(15-14-29(3)4)25(31)18-21-10-12-23(13-11-21)22-8-6-5-7-9-22/h5-13,16-17H,14-15,18H2,1-4H3. The summed E-state index contributed by atoms with van der Waals surface area (Å²) in [5, 5.41) is 0.779. The molecular formula is C27H29N3OS. The van der Waals surface area contributed by atoms with E-state index in [9.17, 15) is 4.79 Å². The molecule has 5 heteroatoms. The van der Waals surface area contributed by atoms with Gasteiger partial charge in [0, 0.05) is 13.1 Å². The molecule has 4 aromatic rings. The smallest absolute Gasteiger partial charge is 0.233 e. The van der Waals surface area contributed by atoms with E-state index < -0.39 is 0 Å². The van der Waals surface area contributed by atoms with E-state index in [1.807, 2.05) is 37.2 Å². The maximum atomic E-state index is 13.4. The van der Waals surface area contributed by atoms with Crippen molar-refractivity contribution >= 4 is 32.6 Å². The van der Waals surface area contributed by atoms with E-state index in [4.69, 9.17) is 4.98 Å². The van der Waals surface area contributed by atoms with E-state index in [1.54, 1.807) is 11.3 Å². The highest BCUT2D eigenvalue weighted by Crippen LogP contribution is 2.32. The first kappa shape index (κ1) is 22.2. The zero-order valence-electron chi connectivity index (χ0n) is 19.1. The Labute approximate surface area is 194 Å². The number of likely N-dealkylation sites (N-methyl/N-ethyl adjacent to an activating group) is 1. The molecule has 4 rings (SSSR count). The van der Waals surface area contributed by atoms with Crippen LogP contribution in [0, 0.1) is 13.8 Å². The van der Waals surface area contributed by atoms with Crippen molar-refractivity contribution in [2.45, 2.75) is 20.3 Å². The van der Waals surface area contributed by atoms with Crippen molar-refractivity contribution in [1.82, 2.24) is 9.88 Å². The molecule has 0 aliphatic rings. The van der Waals surface area contributed by atoms with Crippen molar-refractivity contribution in [2.24, 2.45) is 0 Å². The molecule has 0 saturated heterocycles. The quantitative estimate of drug-likeness (QED) is 0.367. The summed E-state index contributed by atoms with van der Waals surface area (Å²) in [5.74, 6) is 0.0766. The van der Waals surface area contributed by atoms with Gasteiger partial charge < -0.3 is 4.90 Å². The second kappa shape index (κ2) is 9.63. The summed E-state index contributed by atoms with van der Waals surface area (Å²) in [4.78, 5) is 22.2. The normalized spacial score (nSPS) is 11.3. The SMILES string of the molecule is Cc1cc(C)c2sc(N(CCN(C)C)C(=O)Cc3ccc(-c4ccccc4)cc3)nc2c1. The Morgan fingerprint density at radius 2 is 1.59 bits per heavy atom. The summed E-state index contributed by atoms with van der Waals surface area (Å²) < 4.78 is 1.15. The molecule has 32 heavy (non-hydrogen) atoms. The van der Waals surface area contributed by atoms with Crippen LogP contribution in [0.4, 0.5) is 5.13 Å². The van der Waals surface area contributed by atoms with Crippen LogP contribution in [0.5, 0.6) is 0 Å². The second-order valence-corrected chi connectivity index (χ2v) is 9.49. The molecule has 0 saturated carbocycles. The van der Waals surface area contributed by atoms with Crippen LogP contribution in [-0.4, -0.2) is 43.0 Å². The number of carbonyl (C=O) groups excluding carboxylic acids is 1. The van der Waals surface area contributed by atoms with Gasteiger partial charge in [-0.15, -0.1) is 0 Å². The zero-order chi connectivity index (χ0) is 22.7. The number of nitrogens with zero attached hydrogens (tertiary/aromatic N) is 3. The topological polar surface area (TPSA) is 36.4 Å². The summed E-state index contributed by atoms with van der Waals surface area (Å²) >= 11 is 1.61. The fourth-order valence-electron chi connectivity index (χ4n) is 3.82. The van der Waals surface area contributed by atoms with Crippen LogP contribution in [0.25, 0.3) is 21.3 Å². The lowest BCUT2D eigenvalue weighted by Crippen LogP contribution is -2.37. The lowest BCUT2D eigenvalue weighted by atomic mass is 10.0. The number of benzene rings is 3. The van der Waals surface area contributed by atoms with Crippen LogP contribution in [0.3, 0.4) is 0 Å². The molecule has 0 N–H and O–H groups in total. The highest BCUT2D eigenvalue weighted by Gasteiger charge is 2.21. The van der Waals surface area contributed by atoms with Crippen molar-refractivity contribution < 1.29 is 4.79 Å². The number of thiazole rings is 1. The maximum absolute atomic E-state index is 13.4. The number of aromatic nitrogens is 1. The van der Waals surface area contributed by atoms with Gasteiger partial charge in [0.25, 0.3) is 0 Å². The van der Waals surface area contributed by atoms with Gasteiger partial charge in [-0.25, -0.2) is 4.98 Å². The van der Waals surface area contributed by atoms with E-state index in [-0.39, 0.29) is 5.91 Å². The molecule has 0 spiro atoms. The third-order valence-corrected chi connectivity index (χ3v) is 6.76. The van der Waals surface area contributed by atoms with Gasteiger partial charge in [-0.1, -0.05) is 72.0 Å². The fourth-order valence-corrected chi connectivity index (χ4v) is 4.88. The molecule has 0 fully saturated rings. The van der Waals surface area contributed by atoms with Gasteiger partial charge in [-0.05, 0) is 61.8 Å². The molecule has 0 aliphatic carbocycles. The average Bonchev–Trinajstić information content (AvgIpc) is 3.19. The van der Waals surface area contributed by atoms with Gasteiger partial charge in [0.05, 0.1) is 16.6 Å². The third kappa shape index (κ3) is 5.06. The summed E-state index contributed by atoms with van der Waals surface area (Å²) in [6, 6.07) is 22.8. The minimum Gasteiger partial charge on any atom is -0.308 e. The first-order valence-corrected chi connectivity index (χ1v) is 11.7. The molecule has 0 bridgehead atoms. The van der Waals surface area contributed by atoms with Crippen LogP contribution in [0.15, 0.2) is 66.7 Å². The predicted octanol–water partition coefficient (Wildman–Crippen LogP) is 5.72. The number of hydrogen-bond donors (Lipinski definition) is 0.